The Kier molecular flexibility index (Phi) is 6.94. The third-order valence-electron chi connectivity index (χ3n) is 5.85. The maximum Gasteiger partial charge on any atom is 0.229 e. The Morgan fingerprint density at radius 1 is 1.06 bits per heavy atom. The molecule has 4 rings (SSSR count). The van der Waals surface area contributed by atoms with E-state index in [0.717, 1.165) is 43.5 Å². The van der Waals surface area contributed by atoms with Crippen LogP contribution in [0.3, 0.4) is 0 Å². The van der Waals surface area contributed by atoms with E-state index in [9.17, 15) is 14.0 Å². The molecule has 7 heteroatoms. The number of carbonyl (C=O) groups is 2. The lowest BCUT2D eigenvalue weighted by molar-refractivity contribution is -0.141. The molecule has 0 saturated carbocycles. The molecule has 2 aliphatic rings. The van der Waals surface area contributed by atoms with Crippen molar-refractivity contribution < 1.29 is 18.8 Å². The summed E-state index contributed by atoms with van der Waals surface area (Å²) in [5.41, 5.74) is 2.48. The molecule has 2 heterocycles. The molecule has 2 aromatic carbocycles. The van der Waals surface area contributed by atoms with Crippen molar-refractivity contribution in [2.24, 2.45) is 5.92 Å². The second-order valence-electron chi connectivity index (χ2n) is 8.12. The van der Waals surface area contributed by atoms with Crippen molar-refractivity contribution in [2.75, 3.05) is 38.1 Å². The quantitative estimate of drug-likeness (QED) is 0.767. The van der Waals surface area contributed by atoms with Gasteiger partial charge in [0.15, 0.2) is 0 Å². The lowest BCUT2D eigenvalue weighted by Crippen LogP contribution is -2.44. The zero-order valence-corrected chi connectivity index (χ0v) is 17.6. The molecule has 1 N–H and O–H groups in total. The van der Waals surface area contributed by atoms with Crippen LogP contribution in [0.2, 0.25) is 0 Å². The molecule has 31 heavy (non-hydrogen) atoms. The number of benzene rings is 2. The fraction of sp³-hybridized carbons (Fsp3) is 0.417. The summed E-state index contributed by atoms with van der Waals surface area (Å²) in [7, 11) is 0. The number of amides is 2. The van der Waals surface area contributed by atoms with Gasteiger partial charge < -0.3 is 10.2 Å². The van der Waals surface area contributed by atoms with Gasteiger partial charge in [0.2, 0.25) is 11.8 Å². The van der Waals surface area contributed by atoms with E-state index in [4.69, 9.17) is 4.84 Å². The third kappa shape index (κ3) is 5.68. The molecule has 2 saturated heterocycles. The standard InChI is InChI=1S/C24H28FN3O3/c25-21-9-7-18(8-10-21)19-4-1-6-22(16-19)26-24(30)20-5-2-12-27(17-20)23(29)11-14-28-13-3-15-31-28/h1,4,6-10,16,20H,2-3,5,11-15,17H2,(H,26,30)/t20-/m1/s1. The first-order valence-electron chi connectivity index (χ1n) is 10.9. The van der Waals surface area contributed by atoms with Crippen molar-refractivity contribution in [1.29, 1.82) is 0 Å². The Morgan fingerprint density at radius 2 is 1.90 bits per heavy atom. The van der Waals surface area contributed by atoms with Crippen LogP contribution in [0.15, 0.2) is 48.5 Å². The second kappa shape index (κ2) is 10.0. The van der Waals surface area contributed by atoms with Crippen molar-refractivity contribution in [3.63, 3.8) is 0 Å². The average Bonchev–Trinajstić information content (AvgIpc) is 3.32. The van der Waals surface area contributed by atoms with Crippen LogP contribution >= 0.6 is 0 Å². The highest BCUT2D eigenvalue weighted by atomic mass is 19.1. The summed E-state index contributed by atoms with van der Waals surface area (Å²) in [5.74, 6) is -0.504. The van der Waals surface area contributed by atoms with Gasteiger partial charge in [-0.05, 0) is 54.7 Å². The minimum absolute atomic E-state index is 0.0726. The minimum Gasteiger partial charge on any atom is -0.342 e. The monoisotopic (exact) mass is 425 g/mol. The number of anilines is 1. The molecule has 0 aliphatic carbocycles. The van der Waals surface area contributed by atoms with Crippen molar-refractivity contribution in [1.82, 2.24) is 9.96 Å². The van der Waals surface area contributed by atoms with Crippen LogP contribution < -0.4 is 5.32 Å². The number of hydrogen-bond acceptors (Lipinski definition) is 4. The molecule has 164 valence electrons. The molecule has 0 radical (unpaired) electrons. The van der Waals surface area contributed by atoms with Crippen molar-refractivity contribution in [2.45, 2.75) is 25.7 Å². The highest BCUT2D eigenvalue weighted by molar-refractivity contribution is 5.93. The Bertz CT molecular complexity index is 913. The minimum atomic E-state index is -0.280. The number of nitrogens with one attached hydrogen (secondary N) is 1. The second-order valence-corrected chi connectivity index (χ2v) is 8.12. The van der Waals surface area contributed by atoms with E-state index in [1.807, 2.05) is 29.3 Å². The van der Waals surface area contributed by atoms with Gasteiger partial charge in [0, 0.05) is 38.3 Å². The zero-order valence-electron chi connectivity index (χ0n) is 17.6. The topological polar surface area (TPSA) is 61.9 Å². The van der Waals surface area contributed by atoms with Crippen LogP contribution in [0.25, 0.3) is 11.1 Å². The van der Waals surface area contributed by atoms with Gasteiger partial charge in [0.1, 0.15) is 5.82 Å². The first kappa shape index (κ1) is 21.5. The molecule has 2 amide bonds. The molecule has 0 spiro atoms. The molecule has 1 atom stereocenters. The SMILES string of the molecule is O=C(Nc1cccc(-c2ccc(F)cc2)c1)[C@@H]1CCCN(C(=O)CCN2CCCO2)C1. The van der Waals surface area contributed by atoms with Gasteiger partial charge in [-0.15, -0.1) is 0 Å². The van der Waals surface area contributed by atoms with Crippen molar-refractivity contribution in [3.8, 4) is 11.1 Å². The van der Waals surface area contributed by atoms with Crippen LogP contribution in [-0.4, -0.2) is 54.6 Å². The van der Waals surface area contributed by atoms with Crippen LogP contribution in [-0.2, 0) is 14.4 Å². The Hall–Kier alpha value is -2.77. The van der Waals surface area contributed by atoms with Crippen LogP contribution in [0.1, 0.15) is 25.7 Å². The highest BCUT2D eigenvalue weighted by Crippen LogP contribution is 2.24. The normalized spacial score (nSPS) is 19.4. The van der Waals surface area contributed by atoms with E-state index in [1.54, 1.807) is 17.0 Å². The number of rotatable bonds is 6. The largest absolute Gasteiger partial charge is 0.342 e. The van der Waals surface area contributed by atoms with E-state index in [0.29, 0.717) is 31.7 Å². The molecule has 2 fully saturated rings. The zero-order chi connectivity index (χ0) is 21.6. The number of carbonyl (C=O) groups excluding carboxylic acids is 2. The Morgan fingerprint density at radius 3 is 2.68 bits per heavy atom. The molecular formula is C24H28FN3O3. The maximum atomic E-state index is 13.2. The molecule has 6 nitrogen and oxygen atoms in total. The number of nitrogens with zero attached hydrogens (tertiary/aromatic N) is 2. The summed E-state index contributed by atoms with van der Waals surface area (Å²) < 4.78 is 13.2. The number of hydrogen-bond donors (Lipinski definition) is 1. The van der Waals surface area contributed by atoms with E-state index in [1.165, 1.54) is 12.1 Å². The van der Waals surface area contributed by atoms with Crippen molar-refractivity contribution in [3.05, 3.63) is 54.3 Å². The molecule has 0 bridgehead atoms. The number of halogens is 1. The average molecular weight is 426 g/mol. The molecule has 2 aromatic rings. The smallest absolute Gasteiger partial charge is 0.229 e. The van der Waals surface area contributed by atoms with E-state index in [-0.39, 0.29) is 23.5 Å². The summed E-state index contributed by atoms with van der Waals surface area (Å²) >= 11 is 0. The number of piperidine rings is 1. The van der Waals surface area contributed by atoms with Crippen LogP contribution in [0.4, 0.5) is 10.1 Å². The van der Waals surface area contributed by atoms with Gasteiger partial charge in [-0.3, -0.25) is 14.4 Å². The van der Waals surface area contributed by atoms with E-state index in [2.05, 4.69) is 5.32 Å². The Balaban J connectivity index is 1.33. The molecular weight excluding hydrogens is 397 g/mol. The summed E-state index contributed by atoms with van der Waals surface area (Å²) in [5, 5.41) is 4.84. The lowest BCUT2D eigenvalue weighted by atomic mass is 9.96. The fourth-order valence-corrected chi connectivity index (χ4v) is 4.13. The fourth-order valence-electron chi connectivity index (χ4n) is 4.13. The van der Waals surface area contributed by atoms with Gasteiger partial charge in [-0.2, -0.15) is 5.06 Å². The molecule has 0 unspecified atom stereocenters. The van der Waals surface area contributed by atoms with Crippen molar-refractivity contribution >= 4 is 17.5 Å². The van der Waals surface area contributed by atoms with Gasteiger partial charge in [0.05, 0.1) is 12.5 Å². The van der Waals surface area contributed by atoms with E-state index < -0.39 is 0 Å². The van der Waals surface area contributed by atoms with Crippen LogP contribution in [0.5, 0.6) is 0 Å². The van der Waals surface area contributed by atoms with Gasteiger partial charge in [-0.25, -0.2) is 4.39 Å². The maximum absolute atomic E-state index is 13.2. The highest BCUT2D eigenvalue weighted by Gasteiger charge is 2.28. The molecule has 0 aromatic heterocycles. The van der Waals surface area contributed by atoms with Crippen LogP contribution in [0, 0.1) is 11.7 Å². The van der Waals surface area contributed by atoms with Gasteiger partial charge >= 0.3 is 0 Å². The number of hydroxylamine groups is 2. The predicted octanol–water partition coefficient (Wildman–Crippen LogP) is 3.70. The van der Waals surface area contributed by atoms with E-state index >= 15 is 0 Å². The summed E-state index contributed by atoms with van der Waals surface area (Å²) in [6.45, 7) is 3.34. The molecule has 2 aliphatic heterocycles. The first-order chi connectivity index (χ1) is 15.1. The van der Waals surface area contributed by atoms with Gasteiger partial charge in [-0.1, -0.05) is 24.3 Å². The summed E-state index contributed by atoms with van der Waals surface area (Å²) in [6, 6.07) is 13.8. The predicted molar refractivity (Wildman–Crippen MR) is 117 cm³/mol. The first-order valence-corrected chi connectivity index (χ1v) is 10.9. The lowest BCUT2D eigenvalue weighted by Gasteiger charge is -2.32. The van der Waals surface area contributed by atoms with Gasteiger partial charge in [0.25, 0.3) is 0 Å². The summed E-state index contributed by atoms with van der Waals surface area (Å²) in [6.07, 6.45) is 3.00. The number of likely N-dealkylation sites (tertiary alicyclic amines) is 1. The third-order valence-corrected chi connectivity index (χ3v) is 5.85. The Labute approximate surface area is 181 Å². The summed E-state index contributed by atoms with van der Waals surface area (Å²) in [4.78, 5) is 32.7.